The van der Waals surface area contributed by atoms with Gasteiger partial charge in [0.05, 0.1) is 19.6 Å². The standard InChI is InChI=1S/C21H26ClN3O4S.C20H24ClN3O4S.CH4O.CH4/c1-24(15-3-4-16-7-9-17(22)10-8-16)21-6-2-5-20(21)23-30(28,29)19-13-11-18(12-14-19)25(26)27;21-16-8-6-15(7-9-16)3-2-14-22-19-4-1-5-20(19)23-29(27,28)18-12-10-17(11-13-18)24(25)26;1-2;/h7-14,20-21,23H,2-6,15H2,1H3;6-13,19-20,22-23H,1-5,14H2;2H,1H3;1H4/t20-,21-;19-,20-;;/m11../s1. The fourth-order valence-electron chi connectivity index (χ4n) is 7.56. The van der Waals surface area contributed by atoms with E-state index < -0.39 is 29.9 Å². The monoisotopic (exact) mass is 936 g/mol. The quantitative estimate of drug-likeness (QED) is 0.0427. The molecule has 2 aliphatic carbocycles. The average Bonchev–Trinajstić information content (AvgIpc) is 3.90. The van der Waals surface area contributed by atoms with Gasteiger partial charge in [0.2, 0.25) is 20.0 Å². The average molecular weight is 938 g/mol. The molecule has 0 saturated heterocycles. The molecule has 2 saturated carbocycles. The van der Waals surface area contributed by atoms with Crippen LogP contribution in [-0.4, -0.2) is 88.1 Å². The number of aryl methyl sites for hydroxylation is 2. The van der Waals surface area contributed by atoms with Crippen LogP contribution in [0.3, 0.4) is 0 Å². The molecule has 2 fully saturated rings. The van der Waals surface area contributed by atoms with Gasteiger partial charge >= 0.3 is 0 Å². The third-order valence-corrected chi connectivity index (χ3v) is 14.3. The van der Waals surface area contributed by atoms with Gasteiger partial charge in [-0.1, -0.05) is 67.7 Å². The topological polar surface area (TPSA) is 214 Å². The summed E-state index contributed by atoms with van der Waals surface area (Å²) in [5.74, 6) is 0. The Morgan fingerprint density at radius 2 is 1.03 bits per heavy atom. The summed E-state index contributed by atoms with van der Waals surface area (Å²) in [6.07, 6.45) is 9.07. The van der Waals surface area contributed by atoms with Crippen LogP contribution in [0.15, 0.2) is 107 Å². The molecule has 340 valence electrons. The maximum Gasteiger partial charge on any atom is 0.269 e. The smallest absolute Gasteiger partial charge is 0.269 e. The van der Waals surface area contributed by atoms with Gasteiger partial charge in [-0.3, -0.25) is 20.2 Å². The van der Waals surface area contributed by atoms with E-state index in [4.69, 9.17) is 28.3 Å². The molecule has 0 aliphatic heterocycles. The molecule has 2 aliphatic rings. The largest absolute Gasteiger partial charge is 0.400 e. The third-order valence-electron chi connectivity index (χ3n) is 10.7. The summed E-state index contributed by atoms with van der Waals surface area (Å²) in [7, 11) is -4.42. The van der Waals surface area contributed by atoms with E-state index in [9.17, 15) is 37.1 Å². The minimum atomic E-state index is -3.73. The first-order valence-electron chi connectivity index (χ1n) is 20.0. The number of nitro groups is 2. The molecular formula is C43H58Cl2N6O9S2. The Bertz CT molecular complexity index is 2220. The van der Waals surface area contributed by atoms with Crippen molar-refractivity contribution in [3.8, 4) is 0 Å². The van der Waals surface area contributed by atoms with Gasteiger partial charge in [0, 0.05) is 65.6 Å². The van der Waals surface area contributed by atoms with E-state index in [1.165, 1.54) is 59.7 Å². The molecule has 0 radical (unpaired) electrons. The zero-order valence-corrected chi connectivity index (χ0v) is 37.3. The van der Waals surface area contributed by atoms with E-state index in [1.54, 1.807) is 0 Å². The van der Waals surface area contributed by atoms with Gasteiger partial charge in [0.15, 0.2) is 0 Å². The summed E-state index contributed by atoms with van der Waals surface area (Å²) < 4.78 is 56.4. The molecule has 0 bridgehead atoms. The summed E-state index contributed by atoms with van der Waals surface area (Å²) in [6.45, 7) is 1.66. The molecule has 62 heavy (non-hydrogen) atoms. The molecule has 15 nitrogen and oxygen atoms in total. The molecule has 6 rings (SSSR count). The molecule has 0 unspecified atom stereocenters. The summed E-state index contributed by atoms with van der Waals surface area (Å²) in [4.78, 5) is 22.7. The Morgan fingerprint density at radius 1 is 0.629 bits per heavy atom. The van der Waals surface area contributed by atoms with Gasteiger partial charge in [-0.25, -0.2) is 26.3 Å². The molecule has 0 aromatic heterocycles. The van der Waals surface area contributed by atoms with Gasteiger partial charge in [-0.15, -0.1) is 0 Å². The first kappa shape index (κ1) is 52.3. The first-order chi connectivity index (χ1) is 29.1. The second-order valence-corrected chi connectivity index (χ2v) is 19.2. The van der Waals surface area contributed by atoms with Crippen LogP contribution in [0.5, 0.6) is 0 Å². The summed E-state index contributed by atoms with van der Waals surface area (Å²) in [6, 6.07) is 25.4. The molecule has 4 atom stereocenters. The number of nitrogens with one attached hydrogen (secondary N) is 3. The number of hydrogen-bond donors (Lipinski definition) is 4. The zero-order chi connectivity index (χ0) is 44.6. The number of nitro benzene ring substituents is 2. The lowest BCUT2D eigenvalue weighted by molar-refractivity contribution is -0.385. The zero-order valence-electron chi connectivity index (χ0n) is 34.2. The van der Waals surface area contributed by atoms with E-state index in [1.807, 2.05) is 55.6 Å². The van der Waals surface area contributed by atoms with Crippen molar-refractivity contribution in [1.82, 2.24) is 19.7 Å². The van der Waals surface area contributed by atoms with Crippen LogP contribution >= 0.6 is 23.2 Å². The number of hydrogen-bond acceptors (Lipinski definition) is 11. The highest BCUT2D eigenvalue weighted by atomic mass is 35.5. The predicted molar refractivity (Wildman–Crippen MR) is 245 cm³/mol. The van der Waals surface area contributed by atoms with E-state index in [0.29, 0.717) is 0 Å². The van der Waals surface area contributed by atoms with Crippen LogP contribution in [0.4, 0.5) is 11.4 Å². The fourth-order valence-corrected chi connectivity index (χ4v) is 10.4. The van der Waals surface area contributed by atoms with Crippen molar-refractivity contribution in [3.05, 3.63) is 138 Å². The Kier molecular flexibility index (Phi) is 21.3. The first-order valence-corrected chi connectivity index (χ1v) is 23.7. The van der Waals surface area contributed by atoms with Crippen molar-refractivity contribution in [1.29, 1.82) is 0 Å². The van der Waals surface area contributed by atoms with Crippen molar-refractivity contribution in [2.24, 2.45) is 0 Å². The number of non-ortho nitro benzene ring substituents is 2. The number of sulfonamides is 2. The summed E-state index contributed by atoms with van der Waals surface area (Å²) in [5, 5.41) is 33.4. The lowest BCUT2D eigenvalue weighted by Gasteiger charge is -2.30. The number of aliphatic hydroxyl groups excluding tert-OH is 1. The maximum absolute atomic E-state index is 12.8. The van der Waals surface area contributed by atoms with Crippen molar-refractivity contribution in [2.45, 2.75) is 106 Å². The van der Waals surface area contributed by atoms with Crippen LogP contribution in [-0.2, 0) is 32.9 Å². The van der Waals surface area contributed by atoms with Crippen molar-refractivity contribution < 1.29 is 31.8 Å². The Hall–Kier alpha value is -4.04. The highest BCUT2D eigenvalue weighted by Gasteiger charge is 2.34. The van der Waals surface area contributed by atoms with Gasteiger partial charge in [0.1, 0.15) is 0 Å². The van der Waals surface area contributed by atoms with Gasteiger partial charge in [0.25, 0.3) is 11.4 Å². The molecule has 0 amide bonds. The Balaban J connectivity index is 0.000000313. The van der Waals surface area contributed by atoms with Crippen LogP contribution in [0.25, 0.3) is 0 Å². The van der Waals surface area contributed by atoms with Gasteiger partial charge in [-0.05, 0) is 131 Å². The normalized spacial score (nSPS) is 18.5. The van der Waals surface area contributed by atoms with Gasteiger partial charge < -0.3 is 15.3 Å². The fraction of sp³-hybridized carbons (Fsp3) is 0.442. The van der Waals surface area contributed by atoms with Gasteiger partial charge in [-0.2, -0.15) is 0 Å². The lowest BCUT2D eigenvalue weighted by Crippen LogP contribution is -2.47. The number of benzene rings is 4. The second-order valence-electron chi connectivity index (χ2n) is 14.9. The molecule has 4 aromatic carbocycles. The molecular weight excluding hydrogens is 880 g/mol. The maximum atomic E-state index is 12.8. The SMILES string of the molecule is C.CN(CCCc1ccc(Cl)cc1)[C@@H]1CCC[C@H]1NS(=O)(=O)c1ccc([N+](=O)[O-])cc1.CO.O=[N+]([O-])c1ccc(S(=O)(=O)N[C@@H]2CCC[C@H]2NCCCc2ccc(Cl)cc2)cc1. The Morgan fingerprint density at radius 3 is 1.50 bits per heavy atom. The number of aliphatic hydroxyl groups is 1. The third kappa shape index (κ3) is 15.9. The van der Waals surface area contributed by atoms with E-state index in [-0.39, 0.29) is 52.8 Å². The Labute approximate surface area is 375 Å². The predicted octanol–water partition coefficient (Wildman–Crippen LogP) is 7.93. The molecule has 0 spiro atoms. The minimum Gasteiger partial charge on any atom is -0.400 e. The van der Waals surface area contributed by atoms with Crippen molar-refractivity contribution >= 4 is 54.6 Å². The molecule has 4 aromatic rings. The van der Waals surface area contributed by atoms with Crippen LogP contribution in [0.1, 0.15) is 69.9 Å². The number of rotatable bonds is 18. The summed E-state index contributed by atoms with van der Waals surface area (Å²) in [5.41, 5.74) is 2.19. The number of likely N-dealkylation sites (N-methyl/N-ethyl adjacent to an activating group) is 1. The van der Waals surface area contributed by atoms with Crippen LogP contribution in [0.2, 0.25) is 10.0 Å². The molecule has 19 heteroatoms. The lowest BCUT2D eigenvalue weighted by atomic mass is 10.1. The highest BCUT2D eigenvalue weighted by molar-refractivity contribution is 7.89. The number of halogens is 2. The molecule has 0 heterocycles. The second kappa shape index (κ2) is 25.3. The van der Waals surface area contributed by atoms with E-state index in [0.717, 1.165) is 94.5 Å². The number of nitrogens with zero attached hydrogens (tertiary/aromatic N) is 3. The van der Waals surface area contributed by atoms with Crippen molar-refractivity contribution in [3.63, 3.8) is 0 Å². The summed E-state index contributed by atoms with van der Waals surface area (Å²) >= 11 is 11.8. The van der Waals surface area contributed by atoms with Crippen LogP contribution in [0, 0.1) is 20.2 Å². The highest BCUT2D eigenvalue weighted by Crippen LogP contribution is 2.27. The molecule has 4 N–H and O–H groups in total. The van der Waals surface area contributed by atoms with Crippen LogP contribution < -0.4 is 14.8 Å². The van der Waals surface area contributed by atoms with E-state index >= 15 is 0 Å². The van der Waals surface area contributed by atoms with E-state index in [2.05, 4.69) is 19.7 Å². The van der Waals surface area contributed by atoms with Crippen molar-refractivity contribution in [2.75, 3.05) is 27.2 Å². The minimum absolute atomic E-state index is 0.